The Morgan fingerprint density at radius 3 is 3.06 bits per heavy atom. The van der Waals surface area contributed by atoms with Crippen molar-refractivity contribution >= 4 is 6.21 Å². The predicted molar refractivity (Wildman–Crippen MR) is 57.5 cm³/mol. The maximum atomic E-state index is 8.31. The molecule has 1 N–H and O–H groups in total. The lowest BCUT2D eigenvalue weighted by atomic mass is 10.2. The summed E-state index contributed by atoms with van der Waals surface area (Å²) in [6.07, 6.45) is 7.82. The largest absolute Gasteiger partial charge is 0.440 e. The topological polar surface area (TPSA) is 71.5 Å². The third-order valence-electron chi connectivity index (χ3n) is 2.11. The van der Waals surface area contributed by atoms with E-state index in [-0.39, 0.29) is 0 Å². The summed E-state index contributed by atoms with van der Waals surface area (Å²) in [6, 6.07) is 3.90. The van der Waals surface area contributed by atoms with Crippen molar-refractivity contribution in [3.8, 4) is 0 Å². The summed E-state index contributed by atoms with van der Waals surface area (Å²) in [6.45, 7) is 0. The molecule has 82 valence electrons. The SMILES string of the molecule is O/N=C\c1cnc(CCc2cccnc2)o1. The van der Waals surface area contributed by atoms with E-state index in [1.54, 1.807) is 6.20 Å². The molecule has 2 aromatic rings. The quantitative estimate of drug-likeness (QED) is 0.480. The van der Waals surface area contributed by atoms with Gasteiger partial charge in [0.1, 0.15) is 6.21 Å². The molecule has 0 radical (unpaired) electrons. The van der Waals surface area contributed by atoms with Crippen molar-refractivity contribution in [2.24, 2.45) is 5.16 Å². The van der Waals surface area contributed by atoms with Gasteiger partial charge in [-0.1, -0.05) is 11.2 Å². The van der Waals surface area contributed by atoms with Crippen LogP contribution in [-0.4, -0.2) is 21.4 Å². The van der Waals surface area contributed by atoms with E-state index in [0.717, 1.165) is 12.0 Å². The first-order valence-electron chi connectivity index (χ1n) is 4.89. The maximum absolute atomic E-state index is 8.31. The highest BCUT2D eigenvalue weighted by molar-refractivity contribution is 5.74. The molecule has 0 saturated heterocycles. The zero-order chi connectivity index (χ0) is 11.2. The highest BCUT2D eigenvalue weighted by Crippen LogP contribution is 2.06. The van der Waals surface area contributed by atoms with Gasteiger partial charge in [-0.25, -0.2) is 4.98 Å². The van der Waals surface area contributed by atoms with Gasteiger partial charge in [0.2, 0.25) is 0 Å². The number of pyridine rings is 1. The minimum absolute atomic E-state index is 0.448. The van der Waals surface area contributed by atoms with Crippen LogP contribution in [0.4, 0.5) is 0 Å². The maximum Gasteiger partial charge on any atom is 0.195 e. The summed E-state index contributed by atoms with van der Waals surface area (Å²) in [5, 5.41) is 11.2. The second-order valence-corrected chi connectivity index (χ2v) is 3.26. The Kier molecular flexibility index (Phi) is 3.28. The minimum Gasteiger partial charge on any atom is -0.440 e. The Labute approximate surface area is 92.5 Å². The summed E-state index contributed by atoms with van der Waals surface area (Å²) in [5.74, 6) is 1.07. The highest BCUT2D eigenvalue weighted by atomic mass is 16.4. The predicted octanol–water partition coefficient (Wildman–Crippen LogP) is 1.66. The molecular formula is C11H11N3O2. The average Bonchev–Trinajstić information content (AvgIpc) is 2.76. The Balaban J connectivity index is 1.94. The molecule has 0 aliphatic heterocycles. The Morgan fingerprint density at radius 2 is 2.31 bits per heavy atom. The summed E-state index contributed by atoms with van der Waals surface area (Å²) in [7, 11) is 0. The van der Waals surface area contributed by atoms with E-state index < -0.39 is 0 Å². The van der Waals surface area contributed by atoms with Crippen molar-refractivity contribution in [2.75, 3.05) is 0 Å². The Morgan fingerprint density at radius 1 is 1.38 bits per heavy atom. The molecule has 5 nitrogen and oxygen atoms in total. The van der Waals surface area contributed by atoms with Crippen LogP contribution in [0.1, 0.15) is 17.2 Å². The van der Waals surface area contributed by atoms with Gasteiger partial charge in [0, 0.05) is 18.8 Å². The zero-order valence-corrected chi connectivity index (χ0v) is 8.58. The third kappa shape index (κ3) is 2.66. The number of oxime groups is 1. The van der Waals surface area contributed by atoms with Crippen LogP contribution in [-0.2, 0) is 12.8 Å². The van der Waals surface area contributed by atoms with Gasteiger partial charge in [-0.05, 0) is 18.1 Å². The molecule has 0 bridgehead atoms. The highest BCUT2D eigenvalue weighted by Gasteiger charge is 2.02. The van der Waals surface area contributed by atoms with Crippen molar-refractivity contribution in [3.05, 3.63) is 47.9 Å². The van der Waals surface area contributed by atoms with Gasteiger partial charge >= 0.3 is 0 Å². The van der Waals surface area contributed by atoms with E-state index in [4.69, 9.17) is 9.62 Å². The molecule has 0 aliphatic carbocycles. The van der Waals surface area contributed by atoms with Crippen LogP contribution in [0.15, 0.2) is 40.3 Å². The molecule has 2 rings (SSSR count). The van der Waals surface area contributed by atoms with Gasteiger partial charge in [0.15, 0.2) is 11.7 Å². The Bertz CT molecular complexity index is 465. The number of rotatable bonds is 4. The van der Waals surface area contributed by atoms with Crippen LogP contribution in [0, 0.1) is 0 Å². The van der Waals surface area contributed by atoms with Crippen LogP contribution in [0.5, 0.6) is 0 Å². The number of hydrogen-bond acceptors (Lipinski definition) is 5. The first-order chi connectivity index (χ1) is 7.88. The molecule has 0 unspecified atom stereocenters. The number of aryl methyl sites for hydroxylation is 2. The first kappa shape index (κ1) is 10.4. The summed E-state index contributed by atoms with van der Waals surface area (Å²) in [5.41, 5.74) is 1.14. The molecule has 0 saturated carbocycles. The van der Waals surface area contributed by atoms with Gasteiger partial charge in [-0.15, -0.1) is 0 Å². The lowest BCUT2D eigenvalue weighted by molar-refractivity contribution is 0.320. The average molecular weight is 217 g/mol. The van der Waals surface area contributed by atoms with Crippen LogP contribution < -0.4 is 0 Å². The smallest absolute Gasteiger partial charge is 0.195 e. The third-order valence-corrected chi connectivity index (χ3v) is 2.11. The normalized spacial score (nSPS) is 11.0. The molecule has 16 heavy (non-hydrogen) atoms. The Hall–Kier alpha value is -2.17. The summed E-state index contributed by atoms with van der Waals surface area (Å²) >= 11 is 0. The minimum atomic E-state index is 0.448. The van der Waals surface area contributed by atoms with E-state index in [2.05, 4.69) is 15.1 Å². The molecule has 0 fully saturated rings. The number of nitrogens with zero attached hydrogens (tertiary/aromatic N) is 3. The fourth-order valence-corrected chi connectivity index (χ4v) is 1.35. The van der Waals surface area contributed by atoms with Crippen molar-refractivity contribution in [1.29, 1.82) is 0 Å². The lowest BCUT2D eigenvalue weighted by Crippen LogP contribution is -1.91. The van der Waals surface area contributed by atoms with Crippen molar-refractivity contribution in [3.63, 3.8) is 0 Å². The molecule has 0 spiro atoms. The van der Waals surface area contributed by atoms with E-state index in [1.165, 1.54) is 12.4 Å². The van der Waals surface area contributed by atoms with Crippen LogP contribution in [0.25, 0.3) is 0 Å². The standard InChI is InChI=1S/C11H11N3O2/c15-14-8-10-7-13-11(16-10)4-3-9-2-1-5-12-6-9/h1-2,5-8,15H,3-4H2/b14-8-. The molecule has 0 amide bonds. The first-order valence-corrected chi connectivity index (χ1v) is 4.89. The van der Waals surface area contributed by atoms with Gasteiger partial charge in [0.25, 0.3) is 0 Å². The zero-order valence-electron chi connectivity index (χ0n) is 8.58. The van der Waals surface area contributed by atoms with Crippen LogP contribution in [0.2, 0.25) is 0 Å². The molecule has 2 heterocycles. The number of aromatic nitrogens is 2. The van der Waals surface area contributed by atoms with Crippen molar-refractivity contribution < 1.29 is 9.62 Å². The fraction of sp³-hybridized carbons (Fsp3) is 0.182. The fourth-order valence-electron chi connectivity index (χ4n) is 1.35. The molecule has 0 atom stereocenters. The monoisotopic (exact) mass is 217 g/mol. The van der Waals surface area contributed by atoms with E-state index in [1.807, 2.05) is 18.3 Å². The summed E-state index contributed by atoms with van der Waals surface area (Å²) in [4.78, 5) is 8.09. The van der Waals surface area contributed by atoms with Gasteiger partial charge in [0.05, 0.1) is 6.20 Å². The number of hydrogen-bond donors (Lipinski definition) is 1. The summed E-state index contributed by atoms with van der Waals surface area (Å²) < 4.78 is 5.30. The molecule has 0 aromatic carbocycles. The van der Waals surface area contributed by atoms with E-state index in [9.17, 15) is 0 Å². The second-order valence-electron chi connectivity index (χ2n) is 3.26. The van der Waals surface area contributed by atoms with Crippen molar-refractivity contribution in [2.45, 2.75) is 12.8 Å². The molecule has 5 heteroatoms. The van der Waals surface area contributed by atoms with Crippen LogP contribution in [0.3, 0.4) is 0 Å². The van der Waals surface area contributed by atoms with Gasteiger partial charge in [-0.3, -0.25) is 4.98 Å². The van der Waals surface area contributed by atoms with Crippen LogP contribution >= 0.6 is 0 Å². The lowest BCUT2D eigenvalue weighted by Gasteiger charge is -1.96. The van der Waals surface area contributed by atoms with Gasteiger partial charge < -0.3 is 9.62 Å². The van der Waals surface area contributed by atoms with E-state index >= 15 is 0 Å². The van der Waals surface area contributed by atoms with Crippen molar-refractivity contribution in [1.82, 2.24) is 9.97 Å². The molecular weight excluding hydrogens is 206 g/mol. The number of oxazole rings is 1. The van der Waals surface area contributed by atoms with Gasteiger partial charge in [-0.2, -0.15) is 0 Å². The van der Waals surface area contributed by atoms with E-state index in [0.29, 0.717) is 18.1 Å². The second kappa shape index (κ2) is 5.06. The molecule has 2 aromatic heterocycles. The molecule has 0 aliphatic rings.